The van der Waals surface area contributed by atoms with Crippen LogP contribution in [-0.2, 0) is 12.8 Å². The molecule has 2 aromatic rings. The van der Waals surface area contributed by atoms with Crippen molar-refractivity contribution >= 4 is 17.4 Å². The third-order valence-corrected chi connectivity index (χ3v) is 4.94. The number of ketones is 1. The summed E-state index contributed by atoms with van der Waals surface area (Å²) in [7, 11) is 0. The van der Waals surface area contributed by atoms with Crippen LogP contribution < -0.4 is 0 Å². The molecule has 1 saturated heterocycles. The summed E-state index contributed by atoms with van der Waals surface area (Å²) in [5, 5.41) is 5.15. The normalized spacial score (nSPS) is 15.2. The molecule has 0 bridgehead atoms. The highest BCUT2D eigenvalue weighted by Gasteiger charge is 2.27. The number of carbonyl (C=O) groups is 1. The highest BCUT2D eigenvalue weighted by Crippen LogP contribution is 2.24. The van der Waals surface area contributed by atoms with E-state index in [0.717, 1.165) is 29.0 Å². The average Bonchev–Trinajstić information content (AvgIpc) is 2.66. The predicted octanol–water partition coefficient (Wildman–Crippen LogP) is 4.10. The zero-order valence-electron chi connectivity index (χ0n) is 13.9. The highest BCUT2D eigenvalue weighted by molar-refractivity contribution is 6.30. The van der Waals surface area contributed by atoms with Crippen molar-refractivity contribution < 1.29 is 4.79 Å². The van der Waals surface area contributed by atoms with Crippen molar-refractivity contribution in [3.8, 4) is 0 Å². The summed E-state index contributed by atoms with van der Waals surface area (Å²) in [6.45, 7) is 1.08. The molecule has 0 N–H and O–H groups in total. The molecule has 130 valence electrons. The maximum atomic E-state index is 12.9. The molecule has 0 atom stereocenters. The number of nitrogens with zero attached hydrogens (tertiary/aromatic N) is 3. The fourth-order valence-electron chi connectivity index (χ4n) is 3.26. The van der Waals surface area contributed by atoms with Crippen LogP contribution in [0.5, 0.6) is 0 Å². The standard InChI is InChI=1S/C19H20ClN3O2/c20-17-3-1-2-14(12-17)4-5-15-6-9-21-13-18(15)19(24)16-7-10-23(22-25)11-8-16/h1-3,6,9,12-13,16H,4-5,7-8,10-11H2. The van der Waals surface area contributed by atoms with Crippen LogP contribution in [0.1, 0.15) is 34.3 Å². The number of aryl methyl sites for hydroxylation is 2. The number of rotatable bonds is 6. The van der Waals surface area contributed by atoms with Crippen molar-refractivity contribution in [2.45, 2.75) is 25.7 Å². The first kappa shape index (κ1) is 17.5. The van der Waals surface area contributed by atoms with Gasteiger partial charge in [0, 0.05) is 42.0 Å². The van der Waals surface area contributed by atoms with Gasteiger partial charge in [-0.25, -0.2) is 0 Å². The van der Waals surface area contributed by atoms with Gasteiger partial charge in [-0.3, -0.25) is 14.8 Å². The van der Waals surface area contributed by atoms with Crippen LogP contribution in [0.25, 0.3) is 0 Å². The van der Waals surface area contributed by atoms with Crippen LogP contribution in [0.4, 0.5) is 0 Å². The van der Waals surface area contributed by atoms with Gasteiger partial charge in [-0.05, 0) is 55.0 Å². The topological polar surface area (TPSA) is 62.6 Å². The van der Waals surface area contributed by atoms with E-state index in [0.29, 0.717) is 31.5 Å². The Morgan fingerprint density at radius 3 is 2.76 bits per heavy atom. The van der Waals surface area contributed by atoms with E-state index in [4.69, 9.17) is 11.6 Å². The minimum atomic E-state index is -0.0629. The lowest BCUT2D eigenvalue weighted by Crippen LogP contribution is -2.33. The number of carbonyl (C=O) groups excluding carboxylic acids is 1. The molecular weight excluding hydrogens is 338 g/mol. The van der Waals surface area contributed by atoms with Gasteiger partial charge in [0.25, 0.3) is 0 Å². The number of pyridine rings is 1. The minimum absolute atomic E-state index is 0.0629. The lowest BCUT2D eigenvalue weighted by molar-refractivity contribution is 0.0840. The zero-order chi connectivity index (χ0) is 17.6. The molecule has 1 fully saturated rings. The Kier molecular flexibility index (Phi) is 5.76. The lowest BCUT2D eigenvalue weighted by atomic mass is 9.87. The molecule has 6 heteroatoms. The van der Waals surface area contributed by atoms with Crippen molar-refractivity contribution in [1.29, 1.82) is 0 Å². The van der Waals surface area contributed by atoms with Gasteiger partial charge in [0.15, 0.2) is 5.78 Å². The van der Waals surface area contributed by atoms with E-state index in [1.165, 1.54) is 5.01 Å². The van der Waals surface area contributed by atoms with Crippen LogP contribution in [0, 0.1) is 10.8 Å². The van der Waals surface area contributed by atoms with E-state index in [-0.39, 0.29) is 11.7 Å². The fraction of sp³-hybridized carbons (Fsp3) is 0.368. The van der Waals surface area contributed by atoms with Crippen molar-refractivity contribution in [3.63, 3.8) is 0 Å². The first-order valence-electron chi connectivity index (χ1n) is 8.47. The molecule has 0 radical (unpaired) electrons. The van der Waals surface area contributed by atoms with Gasteiger partial charge >= 0.3 is 0 Å². The molecule has 1 aromatic heterocycles. The third kappa shape index (κ3) is 4.42. The molecule has 0 unspecified atom stereocenters. The molecule has 0 amide bonds. The van der Waals surface area contributed by atoms with Gasteiger partial charge in [-0.15, -0.1) is 4.91 Å². The number of halogens is 1. The van der Waals surface area contributed by atoms with Gasteiger partial charge in [0.2, 0.25) is 0 Å². The van der Waals surface area contributed by atoms with Gasteiger partial charge in [-0.1, -0.05) is 23.7 Å². The summed E-state index contributed by atoms with van der Waals surface area (Å²) in [5.74, 6) is 0.0619. The van der Waals surface area contributed by atoms with E-state index in [1.54, 1.807) is 12.4 Å². The van der Waals surface area contributed by atoms with Crippen molar-refractivity contribution in [3.05, 3.63) is 69.3 Å². The van der Waals surface area contributed by atoms with Gasteiger partial charge < -0.3 is 0 Å². The largest absolute Gasteiger partial charge is 0.294 e. The van der Waals surface area contributed by atoms with Crippen molar-refractivity contribution in [2.24, 2.45) is 11.2 Å². The van der Waals surface area contributed by atoms with Gasteiger partial charge in [0.1, 0.15) is 0 Å². The van der Waals surface area contributed by atoms with E-state index >= 15 is 0 Å². The number of aromatic nitrogens is 1. The van der Waals surface area contributed by atoms with Crippen LogP contribution >= 0.6 is 11.6 Å². The lowest BCUT2D eigenvalue weighted by Gasteiger charge is -2.27. The molecule has 0 spiro atoms. The van der Waals surface area contributed by atoms with Crippen molar-refractivity contribution in [1.82, 2.24) is 9.99 Å². The fourth-order valence-corrected chi connectivity index (χ4v) is 3.48. The zero-order valence-corrected chi connectivity index (χ0v) is 14.7. The molecule has 0 saturated carbocycles. The number of nitroso groups, excluding NO2 is 1. The van der Waals surface area contributed by atoms with E-state index in [9.17, 15) is 9.70 Å². The Bertz CT molecular complexity index is 758. The summed E-state index contributed by atoms with van der Waals surface area (Å²) in [5.41, 5.74) is 2.85. The SMILES string of the molecule is O=NN1CCC(C(=O)c2cnccc2CCc2cccc(Cl)c2)CC1. The second kappa shape index (κ2) is 8.21. The molecule has 5 nitrogen and oxygen atoms in total. The molecule has 3 rings (SSSR count). The van der Waals surface area contributed by atoms with E-state index in [1.807, 2.05) is 30.3 Å². The van der Waals surface area contributed by atoms with E-state index in [2.05, 4.69) is 10.3 Å². The summed E-state index contributed by atoms with van der Waals surface area (Å²) in [6.07, 6.45) is 6.29. The second-order valence-corrected chi connectivity index (χ2v) is 6.77. The number of piperidine rings is 1. The first-order chi connectivity index (χ1) is 12.2. The number of hydrogen-bond donors (Lipinski definition) is 0. The molecule has 1 aliphatic heterocycles. The minimum Gasteiger partial charge on any atom is -0.294 e. The van der Waals surface area contributed by atoms with Gasteiger partial charge in [-0.2, -0.15) is 0 Å². The maximum absolute atomic E-state index is 12.9. The summed E-state index contributed by atoms with van der Waals surface area (Å²) in [4.78, 5) is 27.6. The summed E-state index contributed by atoms with van der Waals surface area (Å²) in [6, 6.07) is 9.70. The Morgan fingerprint density at radius 1 is 1.24 bits per heavy atom. The smallest absolute Gasteiger partial charge is 0.167 e. The Hall–Kier alpha value is -2.27. The summed E-state index contributed by atoms with van der Waals surface area (Å²) < 4.78 is 0. The van der Waals surface area contributed by atoms with Crippen LogP contribution in [-0.4, -0.2) is 28.9 Å². The Balaban J connectivity index is 1.70. The van der Waals surface area contributed by atoms with Crippen LogP contribution in [0.2, 0.25) is 5.02 Å². The quantitative estimate of drug-likeness (QED) is 0.577. The average molecular weight is 358 g/mol. The maximum Gasteiger partial charge on any atom is 0.167 e. The molecule has 1 aromatic carbocycles. The number of Topliss-reactive ketones (excluding diaryl/α,β-unsaturated/α-hetero) is 1. The number of hydrogen-bond acceptors (Lipinski definition) is 4. The highest BCUT2D eigenvalue weighted by atomic mass is 35.5. The molecule has 25 heavy (non-hydrogen) atoms. The third-order valence-electron chi connectivity index (χ3n) is 4.71. The van der Waals surface area contributed by atoms with Crippen LogP contribution in [0.15, 0.2) is 48.0 Å². The predicted molar refractivity (Wildman–Crippen MR) is 97.5 cm³/mol. The first-order valence-corrected chi connectivity index (χ1v) is 8.85. The molecular formula is C19H20ClN3O2. The molecule has 2 heterocycles. The summed E-state index contributed by atoms with van der Waals surface area (Å²) >= 11 is 6.04. The molecule has 1 aliphatic rings. The van der Waals surface area contributed by atoms with Gasteiger partial charge in [0.05, 0.1) is 5.29 Å². The van der Waals surface area contributed by atoms with Crippen LogP contribution in [0.3, 0.4) is 0 Å². The Morgan fingerprint density at radius 2 is 2.04 bits per heavy atom. The monoisotopic (exact) mass is 357 g/mol. The second-order valence-electron chi connectivity index (χ2n) is 6.34. The Labute approximate surface area is 152 Å². The van der Waals surface area contributed by atoms with Crippen molar-refractivity contribution in [2.75, 3.05) is 13.1 Å². The van der Waals surface area contributed by atoms with E-state index < -0.39 is 0 Å². The number of benzene rings is 1. The molecule has 0 aliphatic carbocycles.